The van der Waals surface area contributed by atoms with Crippen molar-refractivity contribution in [3.63, 3.8) is 0 Å². The molecule has 0 heterocycles. The molecule has 0 spiro atoms. The fraction of sp³-hybridized carbons (Fsp3) is 0.143. The molecule has 2 rings (SSSR count). The van der Waals surface area contributed by atoms with Gasteiger partial charge in [0.1, 0.15) is 5.75 Å². The molecule has 2 aromatic carbocycles. The lowest BCUT2D eigenvalue weighted by Crippen LogP contribution is -2.06. The van der Waals surface area contributed by atoms with E-state index < -0.39 is 11.7 Å². The topological polar surface area (TPSA) is 9.23 Å². The number of alkyl halides is 3. The second-order valence-electron chi connectivity index (χ2n) is 3.92. The fourth-order valence-corrected chi connectivity index (χ4v) is 2.70. The van der Waals surface area contributed by atoms with Crippen LogP contribution in [0.25, 0.3) is 0 Å². The van der Waals surface area contributed by atoms with Gasteiger partial charge in [-0.05, 0) is 42.5 Å². The molecule has 0 atom stereocenters. The maximum absolute atomic E-state index is 13.0. The van der Waals surface area contributed by atoms with Gasteiger partial charge in [-0.1, -0.05) is 23.4 Å². The van der Waals surface area contributed by atoms with Gasteiger partial charge in [-0.25, -0.2) is 0 Å². The summed E-state index contributed by atoms with van der Waals surface area (Å²) in [5.74, 6) is 0.654. The summed E-state index contributed by atoms with van der Waals surface area (Å²) in [5, 5.41) is 0.0661. The minimum absolute atomic E-state index is 0.0661. The molecule has 2 aromatic rings. The number of rotatable bonds is 3. The lowest BCUT2D eigenvalue weighted by molar-refractivity contribution is -0.139. The zero-order chi connectivity index (χ0) is 14.8. The molecule has 0 aromatic heterocycles. The van der Waals surface area contributed by atoms with Crippen LogP contribution in [0.5, 0.6) is 5.75 Å². The normalized spacial score (nSPS) is 11.4. The molecular weight excluding hydrogens is 309 g/mol. The van der Waals surface area contributed by atoms with Crippen molar-refractivity contribution in [2.75, 3.05) is 7.11 Å². The summed E-state index contributed by atoms with van der Waals surface area (Å²) in [7, 11) is 1.53. The van der Waals surface area contributed by atoms with Gasteiger partial charge in [0, 0.05) is 14.8 Å². The van der Waals surface area contributed by atoms with E-state index in [1.54, 1.807) is 24.3 Å². The Morgan fingerprint density at radius 3 is 2.25 bits per heavy atom. The van der Waals surface area contributed by atoms with Crippen LogP contribution in [0.4, 0.5) is 13.2 Å². The first kappa shape index (κ1) is 15.1. The summed E-state index contributed by atoms with van der Waals surface area (Å²) in [6.07, 6.45) is -4.43. The molecule has 0 N–H and O–H groups in total. The molecule has 0 radical (unpaired) electrons. The van der Waals surface area contributed by atoms with E-state index in [0.717, 1.165) is 17.8 Å². The van der Waals surface area contributed by atoms with Crippen LogP contribution in [-0.2, 0) is 6.18 Å². The van der Waals surface area contributed by atoms with Gasteiger partial charge in [0.15, 0.2) is 0 Å². The van der Waals surface area contributed by atoms with Gasteiger partial charge in [-0.15, -0.1) is 0 Å². The first-order valence-corrected chi connectivity index (χ1v) is 6.78. The van der Waals surface area contributed by atoms with E-state index in [9.17, 15) is 13.2 Å². The van der Waals surface area contributed by atoms with Gasteiger partial charge in [0.2, 0.25) is 0 Å². The second-order valence-corrected chi connectivity index (χ2v) is 5.47. The molecule has 106 valence electrons. The van der Waals surface area contributed by atoms with Gasteiger partial charge in [0.05, 0.1) is 12.7 Å². The molecule has 20 heavy (non-hydrogen) atoms. The molecule has 0 amide bonds. The lowest BCUT2D eigenvalue weighted by Gasteiger charge is -2.13. The molecule has 0 saturated carbocycles. The number of halogens is 4. The average molecular weight is 319 g/mol. The van der Waals surface area contributed by atoms with Crippen LogP contribution in [0.2, 0.25) is 5.02 Å². The summed E-state index contributed by atoms with van der Waals surface area (Å²) in [6, 6.07) is 10.6. The van der Waals surface area contributed by atoms with Crippen LogP contribution in [0.1, 0.15) is 5.56 Å². The third-order valence-corrected chi connectivity index (χ3v) is 3.85. The maximum atomic E-state index is 13.0. The lowest BCUT2D eigenvalue weighted by atomic mass is 10.2. The fourth-order valence-electron chi connectivity index (χ4n) is 1.58. The Balaban J connectivity index is 2.32. The molecule has 0 saturated heterocycles. The number of hydrogen-bond acceptors (Lipinski definition) is 2. The van der Waals surface area contributed by atoms with Crippen molar-refractivity contribution >= 4 is 23.4 Å². The van der Waals surface area contributed by atoms with E-state index in [4.69, 9.17) is 16.3 Å². The zero-order valence-corrected chi connectivity index (χ0v) is 11.9. The van der Waals surface area contributed by atoms with Crippen molar-refractivity contribution < 1.29 is 17.9 Å². The van der Waals surface area contributed by atoms with Crippen molar-refractivity contribution in [1.29, 1.82) is 0 Å². The first-order chi connectivity index (χ1) is 9.40. The predicted octanol–water partition coefficient (Wildman–Crippen LogP) is 5.52. The third-order valence-electron chi connectivity index (χ3n) is 2.53. The smallest absolute Gasteiger partial charge is 0.417 e. The number of benzene rings is 2. The highest BCUT2D eigenvalue weighted by atomic mass is 35.5. The minimum atomic E-state index is -4.43. The van der Waals surface area contributed by atoms with Crippen molar-refractivity contribution in [1.82, 2.24) is 0 Å². The van der Waals surface area contributed by atoms with E-state index >= 15 is 0 Å². The second kappa shape index (κ2) is 5.97. The third kappa shape index (κ3) is 3.61. The quantitative estimate of drug-likeness (QED) is 0.737. The number of hydrogen-bond donors (Lipinski definition) is 0. The number of methoxy groups -OCH3 is 1. The minimum Gasteiger partial charge on any atom is -0.497 e. The van der Waals surface area contributed by atoms with E-state index in [1.807, 2.05) is 0 Å². The van der Waals surface area contributed by atoms with Gasteiger partial charge >= 0.3 is 6.18 Å². The molecule has 0 aliphatic rings. The van der Waals surface area contributed by atoms with Crippen LogP contribution >= 0.6 is 23.4 Å². The largest absolute Gasteiger partial charge is 0.497 e. The SMILES string of the molecule is COc1ccc(Sc2ccc(Cl)cc2C(F)(F)F)cc1. The van der Waals surface area contributed by atoms with Gasteiger partial charge in [-0.3, -0.25) is 0 Å². The van der Waals surface area contributed by atoms with Crippen LogP contribution in [0.15, 0.2) is 52.3 Å². The Labute approximate surface area is 123 Å². The van der Waals surface area contributed by atoms with Crippen molar-refractivity contribution in [2.24, 2.45) is 0 Å². The van der Waals surface area contributed by atoms with Crippen LogP contribution in [0.3, 0.4) is 0 Å². The predicted molar refractivity (Wildman–Crippen MR) is 73.6 cm³/mol. The Hall–Kier alpha value is -1.33. The molecule has 0 bridgehead atoms. The van der Waals surface area contributed by atoms with E-state index in [1.165, 1.54) is 19.2 Å². The van der Waals surface area contributed by atoms with E-state index in [-0.39, 0.29) is 9.92 Å². The molecule has 0 aliphatic heterocycles. The molecule has 0 unspecified atom stereocenters. The van der Waals surface area contributed by atoms with Crippen LogP contribution in [-0.4, -0.2) is 7.11 Å². The summed E-state index contributed by atoms with van der Waals surface area (Å²) in [5.41, 5.74) is -0.731. The Kier molecular flexibility index (Phi) is 4.50. The highest BCUT2D eigenvalue weighted by molar-refractivity contribution is 7.99. The van der Waals surface area contributed by atoms with Gasteiger partial charge in [-0.2, -0.15) is 13.2 Å². The Morgan fingerprint density at radius 2 is 1.70 bits per heavy atom. The Bertz CT molecular complexity index is 596. The van der Waals surface area contributed by atoms with Crippen molar-refractivity contribution in [3.05, 3.63) is 53.1 Å². The van der Waals surface area contributed by atoms with Crippen LogP contribution < -0.4 is 4.74 Å². The zero-order valence-electron chi connectivity index (χ0n) is 10.4. The van der Waals surface area contributed by atoms with Crippen molar-refractivity contribution in [2.45, 2.75) is 16.0 Å². The van der Waals surface area contributed by atoms with Gasteiger partial charge < -0.3 is 4.74 Å². The average Bonchev–Trinajstić information content (AvgIpc) is 2.40. The standard InChI is InChI=1S/C14H10ClF3OS/c1-19-10-3-5-11(6-4-10)20-13-7-2-9(15)8-12(13)14(16,17)18/h2-8H,1H3. The maximum Gasteiger partial charge on any atom is 0.417 e. The molecule has 0 fully saturated rings. The summed E-state index contributed by atoms with van der Waals surface area (Å²) in [6.45, 7) is 0. The molecule has 6 heteroatoms. The van der Waals surface area contributed by atoms with E-state index in [2.05, 4.69) is 0 Å². The van der Waals surface area contributed by atoms with Gasteiger partial charge in [0.25, 0.3) is 0 Å². The monoisotopic (exact) mass is 318 g/mol. The number of ether oxygens (including phenoxy) is 1. The molecular formula is C14H10ClF3OS. The molecule has 1 nitrogen and oxygen atoms in total. The summed E-state index contributed by atoms with van der Waals surface area (Å²) < 4.78 is 43.9. The highest BCUT2D eigenvalue weighted by Gasteiger charge is 2.33. The first-order valence-electron chi connectivity index (χ1n) is 5.59. The van der Waals surface area contributed by atoms with E-state index in [0.29, 0.717) is 10.6 Å². The summed E-state index contributed by atoms with van der Waals surface area (Å²) in [4.78, 5) is 0.811. The van der Waals surface area contributed by atoms with Crippen molar-refractivity contribution in [3.8, 4) is 5.75 Å². The Morgan fingerprint density at radius 1 is 1.05 bits per heavy atom. The molecule has 0 aliphatic carbocycles. The highest BCUT2D eigenvalue weighted by Crippen LogP contribution is 2.40. The van der Waals surface area contributed by atoms with Crippen LogP contribution in [0, 0.1) is 0 Å². The summed E-state index contributed by atoms with van der Waals surface area (Å²) >= 11 is 6.67.